The van der Waals surface area contributed by atoms with Crippen LogP contribution in [0, 0.1) is 6.92 Å². The van der Waals surface area contributed by atoms with Gasteiger partial charge in [-0.25, -0.2) is 8.42 Å². The zero-order valence-electron chi connectivity index (χ0n) is 23.4. The fraction of sp³-hybridized carbons (Fsp3) is 0.179. The number of hydrogen-bond donors (Lipinski definition) is 3. The molecule has 0 atom stereocenters. The Morgan fingerprint density at radius 1 is 0.930 bits per heavy atom. The zero-order valence-corrected chi connectivity index (χ0v) is 25.1. The highest BCUT2D eigenvalue weighted by Gasteiger charge is 2.24. The number of azo groups is 2. The molecule has 1 amide bonds. The summed E-state index contributed by atoms with van der Waals surface area (Å²) in [5.74, 6) is -0.892. The summed E-state index contributed by atoms with van der Waals surface area (Å²) in [5.41, 5.74) is 1.18. The summed E-state index contributed by atoms with van der Waals surface area (Å²) in [4.78, 5) is 11.2. The third-order valence-electron chi connectivity index (χ3n) is 6.27. The first-order chi connectivity index (χ1) is 20.2. The number of aromatic hydroxyl groups is 1. The minimum atomic E-state index is -4.86. The summed E-state index contributed by atoms with van der Waals surface area (Å²) in [6.45, 7) is 4.54. The number of carbonyl (C=O) groups is 1. The molecule has 4 aromatic carbocycles. The van der Waals surface area contributed by atoms with Crippen LogP contribution in [0.2, 0.25) is 0 Å². The molecule has 0 unspecified atom stereocenters. The predicted molar refractivity (Wildman–Crippen MR) is 160 cm³/mol. The molecule has 0 aliphatic rings. The highest BCUT2D eigenvalue weighted by molar-refractivity contribution is 7.91. The Labute approximate surface area is 247 Å². The van der Waals surface area contributed by atoms with Crippen molar-refractivity contribution in [1.29, 1.82) is 0 Å². The smallest absolute Gasteiger partial charge is 0.296 e. The number of methoxy groups -OCH3 is 1. The highest BCUT2D eigenvalue weighted by atomic mass is 32.2. The van der Waals surface area contributed by atoms with Crippen molar-refractivity contribution in [3.63, 3.8) is 0 Å². The molecule has 0 saturated heterocycles. The fourth-order valence-corrected chi connectivity index (χ4v) is 5.64. The molecule has 3 N–H and O–H groups in total. The van der Waals surface area contributed by atoms with E-state index in [4.69, 9.17) is 4.74 Å². The van der Waals surface area contributed by atoms with Gasteiger partial charge in [-0.1, -0.05) is 19.1 Å². The number of carbonyl (C=O) groups excluding carboxylic acids is 1. The lowest BCUT2D eigenvalue weighted by atomic mass is 10.1. The number of fused-ring (bicyclic) bond motifs is 1. The second-order valence-electron chi connectivity index (χ2n) is 9.24. The van der Waals surface area contributed by atoms with Crippen molar-refractivity contribution in [2.45, 2.75) is 30.6 Å². The third kappa shape index (κ3) is 6.85. The first-order valence-electron chi connectivity index (χ1n) is 12.6. The van der Waals surface area contributed by atoms with Crippen molar-refractivity contribution in [3.05, 3.63) is 66.2 Å². The van der Waals surface area contributed by atoms with Crippen LogP contribution in [0.25, 0.3) is 10.8 Å². The maximum Gasteiger partial charge on any atom is 0.296 e. The number of rotatable bonds is 9. The third-order valence-corrected chi connectivity index (χ3v) is 8.89. The molecule has 224 valence electrons. The van der Waals surface area contributed by atoms with Crippen molar-refractivity contribution < 1.29 is 36.0 Å². The Morgan fingerprint density at radius 2 is 1.60 bits per heavy atom. The second-order valence-corrected chi connectivity index (χ2v) is 12.9. The lowest BCUT2D eigenvalue weighted by Gasteiger charge is -2.13. The van der Waals surface area contributed by atoms with Crippen LogP contribution >= 0.6 is 0 Å². The Morgan fingerprint density at radius 3 is 2.21 bits per heavy atom. The molecule has 15 heteroatoms. The number of anilines is 1. The number of nitrogens with one attached hydrogen (secondary N) is 1. The maximum atomic E-state index is 12.2. The molecule has 0 saturated carbocycles. The van der Waals surface area contributed by atoms with Gasteiger partial charge in [-0.05, 0) is 60.3 Å². The van der Waals surface area contributed by atoms with Gasteiger partial charge < -0.3 is 15.2 Å². The van der Waals surface area contributed by atoms with E-state index in [1.807, 2.05) is 0 Å². The van der Waals surface area contributed by atoms with Gasteiger partial charge in [0.05, 0.1) is 34.8 Å². The SMILES string of the molecule is CCS(=O)(=O)c1ccc(N=Nc2cc(OC)c(N=Nc3c(S(=O)(=O)O)cc4cccc(NC(C)=O)c4c3O)cc2C)cc1. The zero-order chi connectivity index (χ0) is 31.5. The van der Waals surface area contributed by atoms with Gasteiger partial charge in [0, 0.05) is 18.4 Å². The molecule has 4 aromatic rings. The van der Waals surface area contributed by atoms with Gasteiger partial charge in [0.25, 0.3) is 10.1 Å². The summed E-state index contributed by atoms with van der Waals surface area (Å²) < 4.78 is 63.8. The number of amides is 1. The maximum absolute atomic E-state index is 12.2. The van der Waals surface area contributed by atoms with Crippen LogP contribution in [0.4, 0.5) is 28.4 Å². The number of sulfone groups is 1. The van der Waals surface area contributed by atoms with Crippen molar-refractivity contribution in [3.8, 4) is 11.5 Å². The van der Waals surface area contributed by atoms with Crippen LogP contribution in [0.5, 0.6) is 11.5 Å². The molecule has 43 heavy (non-hydrogen) atoms. The Bertz CT molecular complexity index is 2010. The van der Waals surface area contributed by atoms with Crippen molar-refractivity contribution in [2.75, 3.05) is 18.2 Å². The largest absolute Gasteiger partial charge is 0.505 e. The Kier molecular flexibility index (Phi) is 8.89. The van der Waals surface area contributed by atoms with Crippen LogP contribution in [0.15, 0.2) is 90.9 Å². The second kappa shape index (κ2) is 12.2. The number of ether oxygens (including phenoxy) is 1. The van der Waals surface area contributed by atoms with Gasteiger partial charge >= 0.3 is 0 Å². The topological polar surface area (TPSA) is 197 Å². The number of benzene rings is 4. The molecule has 0 radical (unpaired) electrons. The predicted octanol–water partition coefficient (Wildman–Crippen LogP) is 6.69. The van der Waals surface area contributed by atoms with E-state index in [9.17, 15) is 31.3 Å². The first-order valence-corrected chi connectivity index (χ1v) is 15.7. The molecule has 0 heterocycles. The Hall–Kier alpha value is -4.73. The van der Waals surface area contributed by atoms with E-state index in [-0.39, 0.29) is 38.5 Å². The summed E-state index contributed by atoms with van der Waals surface area (Å²) in [7, 11) is -6.84. The molecule has 0 spiro atoms. The summed E-state index contributed by atoms with van der Waals surface area (Å²) in [5, 5.41) is 30.4. The fourth-order valence-electron chi connectivity index (χ4n) is 4.10. The van der Waals surface area contributed by atoms with Crippen LogP contribution in [-0.4, -0.2) is 45.3 Å². The average Bonchev–Trinajstić information content (AvgIpc) is 2.95. The van der Waals surface area contributed by atoms with Crippen LogP contribution in [-0.2, 0) is 24.7 Å². The standard InChI is InChI=1S/C28H27N5O8S2/c1-5-42(36,37)20-11-9-19(10-12-20)30-31-22-15-24(41-4)23(13-16(22)2)32-33-27-25(43(38,39)40)14-18-7-6-8-21(29-17(3)34)26(18)28(27)35/h6-15,35H,5H2,1-4H3,(H,29,34)(H,38,39,40). The normalized spacial score (nSPS) is 12.3. The molecule has 13 nitrogen and oxygen atoms in total. The minimum absolute atomic E-state index is 0.0216. The number of phenols is 1. The van der Waals surface area contributed by atoms with E-state index in [1.165, 1.54) is 56.5 Å². The average molecular weight is 626 g/mol. The number of hydrogen-bond acceptors (Lipinski definition) is 11. The molecular weight excluding hydrogens is 598 g/mol. The molecule has 4 rings (SSSR count). The number of nitrogens with zero attached hydrogens (tertiary/aromatic N) is 4. The van der Waals surface area contributed by atoms with E-state index in [1.54, 1.807) is 26.0 Å². The van der Waals surface area contributed by atoms with E-state index >= 15 is 0 Å². The van der Waals surface area contributed by atoms with Gasteiger partial charge in [-0.15, -0.1) is 10.2 Å². The van der Waals surface area contributed by atoms with Crippen LogP contribution in [0.3, 0.4) is 0 Å². The molecular formula is C28H27N5O8S2. The minimum Gasteiger partial charge on any atom is -0.505 e. The first kappa shape index (κ1) is 31.2. The quantitative estimate of drug-likeness (QED) is 0.135. The molecule has 0 fully saturated rings. The summed E-state index contributed by atoms with van der Waals surface area (Å²) in [6.07, 6.45) is 0. The van der Waals surface area contributed by atoms with Gasteiger partial charge in [-0.3, -0.25) is 9.35 Å². The number of phenolic OH excluding ortho intramolecular Hbond substituents is 1. The van der Waals surface area contributed by atoms with Gasteiger partial charge in [0.15, 0.2) is 15.6 Å². The van der Waals surface area contributed by atoms with Gasteiger partial charge in [-0.2, -0.15) is 18.6 Å². The summed E-state index contributed by atoms with van der Waals surface area (Å²) in [6, 6.07) is 14.7. The van der Waals surface area contributed by atoms with Crippen LogP contribution in [0.1, 0.15) is 19.4 Å². The lowest BCUT2D eigenvalue weighted by molar-refractivity contribution is -0.114. The molecule has 0 bridgehead atoms. The van der Waals surface area contributed by atoms with E-state index < -0.39 is 42.2 Å². The van der Waals surface area contributed by atoms with Gasteiger partial charge in [0.1, 0.15) is 22.0 Å². The van der Waals surface area contributed by atoms with Crippen LogP contribution < -0.4 is 10.1 Å². The monoisotopic (exact) mass is 625 g/mol. The number of aryl methyl sites for hydroxylation is 1. The Balaban J connectivity index is 1.75. The van der Waals surface area contributed by atoms with Gasteiger partial charge in [0.2, 0.25) is 5.91 Å². The molecule has 0 aliphatic carbocycles. The van der Waals surface area contributed by atoms with Crippen molar-refractivity contribution in [2.24, 2.45) is 20.5 Å². The molecule has 0 aromatic heterocycles. The van der Waals surface area contributed by atoms with E-state index in [0.29, 0.717) is 16.9 Å². The van der Waals surface area contributed by atoms with E-state index in [0.717, 1.165) is 6.07 Å². The molecule has 0 aliphatic heterocycles. The van der Waals surface area contributed by atoms with Crippen molar-refractivity contribution >= 4 is 65.1 Å². The lowest BCUT2D eigenvalue weighted by Crippen LogP contribution is -2.06. The van der Waals surface area contributed by atoms with Crippen molar-refractivity contribution in [1.82, 2.24) is 0 Å². The van der Waals surface area contributed by atoms with E-state index in [2.05, 4.69) is 25.8 Å². The highest BCUT2D eigenvalue weighted by Crippen LogP contribution is 2.45. The summed E-state index contributed by atoms with van der Waals surface area (Å²) >= 11 is 0.